The van der Waals surface area contributed by atoms with Gasteiger partial charge < -0.3 is 15.0 Å². The molecule has 1 aromatic carbocycles. The summed E-state index contributed by atoms with van der Waals surface area (Å²) in [4.78, 5) is 10.9. The molecule has 1 aliphatic heterocycles. The molecule has 21 heavy (non-hydrogen) atoms. The molecule has 5 heteroatoms. The second-order valence-electron chi connectivity index (χ2n) is 5.17. The molecule has 0 saturated carbocycles. The van der Waals surface area contributed by atoms with Gasteiger partial charge in [-0.1, -0.05) is 30.3 Å². The summed E-state index contributed by atoms with van der Waals surface area (Å²) in [5.41, 5.74) is 1.39. The Morgan fingerprint density at radius 2 is 2.05 bits per heavy atom. The average molecular weight is 284 g/mol. The van der Waals surface area contributed by atoms with Crippen molar-refractivity contribution >= 4 is 11.6 Å². The van der Waals surface area contributed by atoms with Crippen molar-refractivity contribution in [1.82, 2.24) is 9.97 Å². The van der Waals surface area contributed by atoms with Crippen LogP contribution in [0, 0.1) is 0 Å². The van der Waals surface area contributed by atoms with Crippen LogP contribution < -0.4 is 15.0 Å². The van der Waals surface area contributed by atoms with E-state index in [0.717, 1.165) is 31.1 Å². The van der Waals surface area contributed by atoms with E-state index in [-0.39, 0.29) is 0 Å². The van der Waals surface area contributed by atoms with Crippen molar-refractivity contribution in [1.29, 1.82) is 0 Å². The number of aromatic nitrogens is 2. The van der Waals surface area contributed by atoms with E-state index in [1.165, 1.54) is 5.56 Å². The van der Waals surface area contributed by atoms with Crippen LogP contribution in [0.3, 0.4) is 0 Å². The maximum absolute atomic E-state index is 5.49. The summed E-state index contributed by atoms with van der Waals surface area (Å²) in [6.45, 7) is 1.94. The SMILES string of the molecule is CNc1ncnc(N2CCC(c3ccccc3)C2)c1OC. The largest absolute Gasteiger partial charge is 0.490 e. The number of nitrogens with zero attached hydrogens (tertiary/aromatic N) is 3. The average Bonchev–Trinajstić information content (AvgIpc) is 3.04. The molecule has 3 rings (SSSR count). The summed E-state index contributed by atoms with van der Waals surface area (Å²) in [7, 11) is 3.50. The number of benzene rings is 1. The van der Waals surface area contributed by atoms with Gasteiger partial charge in [0, 0.05) is 26.1 Å². The lowest BCUT2D eigenvalue weighted by Gasteiger charge is -2.21. The summed E-state index contributed by atoms with van der Waals surface area (Å²) in [6, 6.07) is 10.7. The van der Waals surface area contributed by atoms with Crippen LogP contribution in [0.2, 0.25) is 0 Å². The predicted molar refractivity (Wildman–Crippen MR) is 84.1 cm³/mol. The Labute approximate surface area is 125 Å². The van der Waals surface area contributed by atoms with Gasteiger partial charge in [0.1, 0.15) is 6.33 Å². The third kappa shape index (κ3) is 2.63. The Hall–Kier alpha value is -2.30. The number of anilines is 2. The maximum Gasteiger partial charge on any atom is 0.204 e. The van der Waals surface area contributed by atoms with Gasteiger partial charge in [0.15, 0.2) is 11.6 Å². The molecule has 1 aromatic heterocycles. The summed E-state index contributed by atoms with van der Waals surface area (Å²) in [5, 5.41) is 3.05. The fraction of sp³-hybridized carbons (Fsp3) is 0.375. The van der Waals surface area contributed by atoms with Gasteiger partial charge in [0.2, 0.25) is 5.75 Å². The summed E-state index contributed by atoms with van der Waals surface area (Å²) in [5.74, 6) is 2.86. The Bertz CT molecular complexity index is 602. The van der Waals surface area contributed by atoms with Crippen LogP contribution >= 0.6 is 0 Å². The first-order valence-corrected chi connectivity index (χ1v) is 7.20. The van der Waals surface area contributed by atoms with Gasteiger partial charge in [-0.2, -0.15) is 0 Å². The molecule has 1 aliphatic rings. The summed E-state index contributed by atoms with van der Waals surface area (Å²) in [6.07, 6.45) is 2.71. The molecule has 1 saturated heterocycles. The van der Waals surface area contributed by atoms with E-state index in [1.807, 2.05) is 7.05 Å². The molecule has 1 atom stereocenters. The summed E-state index contributed by atoms with van der Waals surface area (Å²) < 4.78 is 5.49. The third-order valence-corrected chi connectivity index (χ3v) is 3.98. The highest BCUT2D eigenvalue weighted by Gasteiger charge is 2.27. The lowest BCUT2D eigenvalue weighted by Crippen LogP contribution is -2.21. The number of ether oxygens (including phenoxy) is 1. The zero-order chi connectivity index (χ0) is 14.7. The predicted octanol–water partition coefficient (Wildman–Crippen LogP) is 2.52. The topological polar surface area (TPSA) is 50.3 Å². The Balaban J connectivity index is 1.83. The van der Waals surface area contributed by atoms with E-state index in [9.17, 15) is 0 Å². The highest BCUT2D eigenvalue weighted by Crippen LogP contribution is 2.36. The smallest absolute Gasteiger partial charge is 0.204 e. The van der Waals surface area contributed by atoms with Crippen molar-refractivity contribution in [2.75, 3.05) is 37.5 Å². The Morgan fingerprint density at radius 3 is 2.76 bits per heavy atom. The zero-order valence-electron chi connectivity index (χ0n) is 12.4. The third-order valence-electron chi connectivity index (χ3n) is 3.98. The second-order valence-corrected chi connectivity index (χ2v) is 5.17. The lowest BCUT2D eigenvalue weighted by atomic mass is 9.99. The van der Waals surface area contributed by atoms with Crippen molar-refractivity contribution in [2.24, 2.45) is 0 Å². The number of methoxy groups -OCH3 is 1. The van der Waals surface area contributed by atoms with E-state index in [2.05, 4.69) is 50.5 Å². The van der Waals surface area contributed by atoms with Crippen LogP contribution in [0.1, 0.15) is 17.9 Å². The molecule has 2 aromatic rings. The van der Waals surface area contributed by atoms with Crippen LogP contribution in [0.15, 0.2) is 36.7 Å². The minimum atomic E-state index is 0.545. The molecule has 5 nitrogen and oxygen atoms in total. The van der Waals surface area contributed by atoms with Crippen LogP contribution in [0.4, 0.5) is 11.6 Å². The van der Waals surface area contributed by atoms with E-state index >= 15 is 0 Å². The van der Waals surface area contributed by atoms with Crippen LogP contribution in [-0.4, -0.2) is 37.2 Å². The van der Waals surface area contributed by atoms with E-state index in [0.29, 0.717) is 11.7 Å². The Morgan fingerprint density at radius 1 is 1.24 bits per heavy atom. The van der Waals surface area contributed by atoms with Crippen molar-refractivity contribution in [3.05, 3.63) is 42.2 Å². The monoisotopic (exact) mass is 284 g/mol. The van der Waals surface area contributed by atoms with Gasteiger partial charge >= 0.3 is 0 Å². The highest BCUT2D eigenvalue weighted by atomic mass is 16.5. The standard InChI is InChI=1S/C16H20N4O/c1-17-15-14(21-2)16(19-11-18-15)20-9-8-13(10-20)12-6-4-3-5-7-12/h3-7,11,13H,8-10H2,1-2H3,(H,17,18,19). The van der Waals surface area contributed by atoms with Crippen LogP contribution in [-0.2, 0) is 0 Å². The fourth-order valence-corrected chi connectivity index (χ4v) is 2.91. The van der Waals surface area contributed by atoms with Gasteiger partial charge in [-0.15, -0.1) is 0 Å². The number of rotatable bonds is 4. The van der Waals surface area contributed by atoms with Gasteiger partial charge in [-0.3, -0.25) is 0 Å². The second kappa shape index (κ2) is 5.99. The van der Waals surface area contributed by atoms with Crippen molar-refractivity contribution < 1.29 is 4.74 Å². The molecular weight excluding hydrogens is 264 g/mol. The Kier molecular flexibility index (Phi) is 3.90. The number of hydrogen-bond donors (Lipinski definition) is 1. The quantitative estimate of drug-likeness (QED) is 0.935. The van der Waals surface area contributed by atoms with E-state index in [1.54, 1.807) is 13.4 Å². The van der Waals surface area contributed by atoms with Gasteiger partial charge in [-0.05, 0) is 12.0 Å². The van der Waals surface area contributed by atoms with Gasteiger partial charge in [0.25, 0.3) is 0 Å². The number of hydrogen-bond acceptors (Lipinski definition) is 5. The van der Waals surface area contributed by atoms with Crippen molar-refractivity contribution in [3.63, 3.8) is 0 Å². The first kappa shape index (κ1) is 13.7. The molecule has 110 valence electrons. The minimum Gasteiger partial charge on any atom is -0.490 e. The van der Waals surface area contributed by atoms with Crippen molar-refractivity contribution in [3.8, 4) is 5.75 Å². The molecule has 0 aliphatic carbocycles. The summed E-state index contributed by atoms with van der Waals surface area (Å²) >= 11 is 0. The molecule has 1 fully saturated rings. The molecule has 2 heterocycles. The molecule has 0 amide bonds. The lowest BCUT2D eigenvalue weighted by molar-refractivity contribution is 0.413. The maximum atomic E-state index is 5.49. The van der Waals surface area contributed by atoms with Crippen LogP contribution in [0.25, 0.3) is 0 Å². The van der Waals surface area contributed by atoms with Crippen molar-refractivity contribution in [2.45, 2.75) is 12.3 Å². The molecule has 1 N–H and O–H groups in total. The van der Waals surface area contributed by atoms with Gasteiger partial charge in [-0.25, -0.2) is 9.97 Å². The van der Waals surface area contributed by atoms with E-state index < -0.39 is 0 Å². The first-order chi connectivity index (χ1) is 10.3. The molecular formula is C16H20N4O. The zero-order valence-corrected chi connectivity index (χ0v) is 12.4. The molecule has 0 bridgehead atoms. The minimum absolute atomic E-state index is 0.545. The molecule has 0 spiro atoms. The molecule has 0 radical (unpaired) electrons. The number of nitrogens with one attached hydrogen (secondary N) is 1. The highest BCUT2D eigenvalue weighted by molar-refractivity contribution is 5.65. The van der Waals surface area contributed by atoms with E-state index in [4.69, 9.17) is 4.74 Å². The fourth-order valence-electron chi connectivity index (χ4n) is 2.91. The van der Waals surface area contributed by atoms with Gasteiger partial charge in [0.05, 0.1) is 7.11 Å². The van der Waals surface area contributed by atoms with Crippen LogP contribution in [0.5, 0.6) is 5.75 Å². The normalized spacial score (nSPS) is 17.8. The first-order valence-electron chi connectivity index (χ1n) is 7.20. The molecule has 1 unspecified atom stereocenters.